The van der Waals surface area contributed by atoms with Crippen LogP contribution < -0.4 is 5.32 Å². The van der Waals surface area contributed by atoms with Gasteiger partial charge in [-0.15, -0.1) is 6.58 Å². The highest BCUT2D eigenvalue weighted by Crippen LogP contribution is 1.86. The molecule has 0 aromatic heterocycles. The molecular formula is C6H11NO. The number of hydrogen-bond donors (Lipinski definition) is 1. The summed E-state index contributed by atoms with van der Waals surface area (Å²) >= 11 is 0. The van der Waals surface area contributed by atoms with Gasteiger partial charge in [-0.25, -0.2) is 0 Å². The van der Waals surface area contributed by atoms with Crippen molar-refractivity contribution >= 4 is 5.91 Å². The molecule has 0 saturated carbocycles. The van der Waals surface area contributed by atoms with Crippen LogP contribution in [0.5, 0.6) is 0 Å². The van der Waals surface area contributed by atoms with E-state index in [1.54, 1.807) is 13.1 Å². The van der Waals surface area contributed by atoms with Gasteiger partial charge in [0.25, 0.3) is 0 Å². The standard InChI is InChI=1S/C6H11NO/c1-3-4-5-6(8)7-2/h3H,1,4-5H2,2H3,(H,7,8). The van der Waals surface area contributed by atoms with Gasteiger partial charge in [-0.3, -0.25) is 4.79 Å². The molecule has 1 N–H and O–H groups in total. The zero-order valence-electron chi connectivity index (χ0n) is 5.11. The Hall–Kier alpha value is -0.790. The third-order valence-electron chi connectivity index (χ3n) is 0.854. The van der Waals surface area contributed by atoms with Gasteiger partial charge in [0.05, 0.1) is 0 Å². The van der Waals surface area contributed by atoms with Gasteiger partial charge in [0.15, 0.2) is 0 Å². The Labute approximate surface area is 49.6 Å². The lowest BCUT2D eigenvalue weighted by atomic mass is 10.3. The van der Waals surface area contributed by atoms with Crippen molar-refractivity contribution in [1.29, 1.82) is 0 Å². The van der Waals surface area contributed by atoms with Crippen molar-refractivity contribution in [2.24, 2.45) is 0 Å². The molecule has 0 aliphatic carbocycles. The SMILES string of the molecule is C=CCCC(=O)NC. The summed E-state index contributed by atoms with van der Waals surface area (Å²) in [5.41, 5.74) is 0. The van der Waals surface area contributed by atoms with Gasteiger partial charge in [0.2, 0.25) is 5.91 Å². The molecule has 46 valence electrons. The lowest BCUT2D eigenvalue weighted by Crippen LogP contribution is -2.16. The van der Waals surface area contributed by atoms with E-state index in [-0.39, 0.29) is 5.91 Å². The van der Waals surface area contributed by atoms with E-state index in [1.807, 2.05) is 0 Å². The molecule has 2 heteroatoms. The number of allylic oxidation sites excluding steroid dienone is 1. The summed E-state index contributed by atoms with van der Waals surface area (Å²) in [5, 5.41) is 2.51. The van der Waals surface area contributed by atoms with Gasteiger partial charge >= 0.3 is 0 Å². The number of amides is 1. The van der Waals surface area contributed by atoms with Gasteiger partial charge in [-0.05, 0) is 6.42 Å². The van der Waals surface area contributed by atoms with Crippen molar-refractivity contribution in [1.82, 2.24) is 5.32 Å². The predicted octanol–water partition coefficient (Wildman–Crippen LogP) is 0.699. The average Bonchev–Trinajstić information content (AvgIpc) is 1.83. The maximum Gasteiger partial charge on any atom is 0.220 e. The average molecular weight is 113 g/mol. The number of nitrogens with one attached hydrogen (secondary N) is 1. The van der Waals surface area contributed by atoms with E-state index in [0.717, 1.165) is 6.42 Å². The van der Waals surface area contributed by atoms with E-state index in [0.29, 0.717) is 6.42 Å². The van der Waals surface area contributed by atoms with Crippen molar-refractivity contribution < 1.29 is 4.79 Å². The summed E-state index contributed by atoms with van der Waals surface area (Å²) < 4.78 is 0. The van der Waals surface area contributed by atoms with Crippen LogP contribution in [0.25, 0.3) is 0 Å². The number of carbonyl (C=O) groups is 1. The Kier molecular flexibility index (Phi) is 3.94. The summed E-state index contributed by atoms with van der Waals surface area (Å²) in [7, 11) is 1.63. The van der Waals surface area contributed by atoms with Gasteiger partial charge in [-0.2, -0.15) is 0 Å². The maximum atomic E-state index is 10.4. The number of carbonyl (C=O) groups excluding carboxylic acids is 1. The van der Waals surface area contributed by atoms with Gasteiger partial charge in [0.1, 0.15) is 0 Å². The van der Waals surface area contributed by atoms with Crippen molar-refractivity contribution in [3.8, 4) is 0 Å². The van der Waals surface area contributed by atoms with Crippen molar-refractivity contribution in [3.05, 3.63) is 12.7 Å². The first-order valence-corrected chi connectivity index (χ1v) is 2.62. The topological polar surface area (TPSA) is 29.1 Å². The van der Waals surface area contributed by atoms with Crippen molar-refractivity contribution in [2.75, 3.05) is 7.05 Å². The molecule has 0 heterocycles. The van der Waals surface area contributed by atoms with Gasteiger partial charge < -0.3 is 5.32 Å². The zero-order chi connectivity index (χ0) is 6.41. The number of rotatable bonds is 3. The fraction of sp³-hybridized carbons (Fsp3) is 0.500. The predicted molar refractivity (Wildman–Crippen MR) is 33.5 cm³/mol. The monoisotopic (exact) mass is 113 g/mol. The molecule has 0 spiro atoms. The second-order valence-electron chi connectivity index (χ2n) is 1.50. The highest BCUT2D eigenvalue weighted by Gasteiger charge is 1.91. The molecule has 0 unspecified atom stereocenters. The molecule has 2 nitrogen and oxygen atoms in total. The lowest BCUT2D eigenvalue weighted by Gasteiger charge is -1.92. The zero-order valence-corrected chi connectivity index (χ0v) is 5.11. The first-order valence-electron chi connectivity index (χ1n) is 2.62. The van der Waals surface area contributed by atoms with Crippen LogP contribution in [0.2, 0.25) is 0 Å². The van der Waals surface area contributed by atoms with E-state index in [4.69, 9.17) is 0 Å². The fourth-order valence-electron chi connectivity index (χ4n) is 0.358. The normalized spacial score (nSPS) is 8.12. The van der Waals surface area contributed by atoms with E-state index in [9.17, 15) is 4.79 Å². The molecule has 0 aromatic rings. The second kappa shape index (κ2) is 4.37. The van der Waals surface area contributed by atoms with Crippen LogP contribution in [0.4, 0.5) is 0 Å². The molecule has 1 amide bonds. The molecule has 0 radical (unpaired) electrons. The molecule has 0 bridgehead atoms. The Morgan fingerprint density at radius 2 is 2.50 bits per heavy atom. The molecule has 0 rings (SSSR count). The molecule has 0 atom stereocenters. The quantitative estimate of drug-likeness (QED) is 0.536. The molecule has 0 aliphatic heterocycles. The van der Waals surface area contributed by atoms with Gasteiger partial charge in [-0.1, -0.05) is 6.08 Å². The molecule has 0 aromatic carbocycles. The first kappa shape index (κ1) is 7.21. The summed E-state index contributed by atoms with van der Waals surface area (Å²) in [6.45, 7) is 3.49. The minimum Gasteiger partial charge on any atom is -0.359 e. The van der Waals surface area contributed by atoms with E-state index in [2.05, 4.69) is 11.9 Å². The van der Waals surface area contributed by atoms with Crippen molar-refractivity contribution in [3.63, 3.8) is 0 Å². The van der Waals surface area contributed by atoms with E-state index in [1.165, 1.54) is 0 Å². The van der Waals surface area contributed by atoms with Crippen LogP contribution in [0, 0.1) is 0 Å². The largest absolute Gasteiger partial charge is 0.359 e. The molecule has 0 saturated heterocycles. The van der Waals surface area contributed by atoms with Gasteiger partial charge in [0, 0.05) is 13.5 Å². The van der Waals surface area contributed by atoms with Crippen LogP contribution in [-0.2, 0) is 4.79 Å². The molecular weight excluding hydrogens is 102 g/mol. The minimum absolute atomic E-state index is 0.0740. The Morgan fingerprint density at radius 1 is 1.88 bits per heavy atom. The first-order chi connectivity index (χ1) is 3.81. The third-order valence-corrected chi connectivity index (χ3v) is 0.854. The van der Waals surface area contributed by atoms with E-state index >= 15 is 0 Å². The lowest BCUT2D eigenvalue weighted by molar-refractivity contribution is -0.120. The fourth-order valence-corrected chi connectivity index (χ4v) is 0.358. The molecule has 0 fully saturated rings. The summed E-state index contributed by atoms with van der Waals surface area (Å²) in [6, 6.07) is 0. The van der Waals surface area contributed by atoms with E-state index < -0.39 is 0 Å². The Bertz CT molecular complexity index is 88.5. The summed E-state index contributed by atoms with van der Waals surface area (Å²) in [6.07, 6.45) is 3.05. The second-order valence-corrected chi connectivity index (χ2v) is 1.50. The van der Waals surface area contributed by atoms with Crippen LogP contribution in [0.3, 0.4) is 0 Å². The van der Waals surface area contributed by atoms with Crippen LogP contribution in [0.1, 0.15) is 12.8 Å². The third kappa shape index (κ3) is 3.40. The molecule has 8 heavy (non-hydrogen) atoms. The Morgan fingerprint density at radius 3 is 2.88 bits per heavy atom. The Balaban J connectivity index is 3.11. The van der Waals surface area contributed by atoms with Crippen LogP contribution in [0.15, 0.2) is 12.7 Å². The highest BCUT2D eigenvalue weighted by molar-refractivity contribution is 5.75. The summed E-state index contributed by atoms with van der Waals surface area (Å²) in [4.78, 5) is 10.4. The van der Waals surface area contributed by atoms with Crippen LogP contribution >= 0.6 is 0 Å². The summed E-state index contributed by atoms with van der Waals surface area (Å²) in [5.74, 6) is 0.0740. The highest BCUT2D eigenvalue weighted by atomic mass is 16.1. The van der Waals surface area contributed by atoms with Crippen LogP contribution in [-0.4, -0.2) is 13.0 Å². The number of hydrogen-bond acceptors (Lipinski definition) is 1. The maximum absolute atomic E-state index is 10.4. The van der Waals surface area contributed by atoms with Crippen molar-refractivity contribution in [2.45, 2.75) is 12.8 Å². The minimum atomic E-state index is 0.0740. The smallest absolute Gasteiger partial charge is 0.220 e. The molecule has 0 aliphatic rings.